The molecule has 0 heterocycles. The summed E-state index contributed by atoms with van der Waals surface area (Å²) in [7, 11) is 0. The molecule has 0 aromatic rings. The Balaban J connectivity index is -0.0000000600. The Morgan fingerprint density at radius 3 is 1.20 bits per heavy atom. The molecular formula is C5H8Cl2MnO2. The van der Waals surface area contributed by atoms with Crippen LogP contribution in [0.3, 0.4) is 0 Å². The summed E-state index contributed by atoms with van der Waals surface area (Å²) in [5.41, 5.74) is 0. The Hall–Kier alpha value is 0.439. The van der Waals surface area contributed by atoms with E-state index in [1.54, 1.807) is 0 Å². The predicted octanol–water partition coefficient (Wildman–Crippen LogP) is -5.44. The zero-order chi connectivity index (χ0) is 5.86. The normalized spacial score (nSPS) is 5.80. The van der Waals surface area contributed by atoms with Crippen molar-refractivity contribution in [2.45, 2.75) is 20.3 Å². The zero-order valence-electron chi connectivity index (χ0n) is 5.66. The topological polar surface area (TPSA) is 34.1 Å². The summed E-state index contributed by atoms with van der Waals surface area (Å²) in [6, 6.07) is 0. The molecule has 0 aliphatic heterocycles. The molecule has 0 rings (SSSR count). The van der Waals surface area contributed by atoms with E-state index in [-0.39, 0.29) is 59.9 Å². The molecule has 0 spiro atoms. The van der Waals surface area contributed by atoms with E-state index in [9.17, 15) is 9.59 Å². The van der Waals surface area contributed by atoms with Crippen LogP contribution in [-0.4, -0.2) is 11.6 Å². The molecule has 0 atom stereocenters. The minimum atomic E-state index is -0.0625. The summed E-state index contributed by atoms with van der Waals surface area (Å²) in [5, 5.41) is 0. The molecule has 0 amide bonds. The second-order valence-electron chi connectivity index (χ2n) is 1.58. The molecule has 0 unspecified atom stereocenters. The number of ketones is 2. The molecule has 10 heavy (non-hydrogen) atoms. The Kier molecular flexibility index (Phi) is 27.3. The maximum Gasteiger partial charge on any atom is 2.00 e. The molecule has 0 saturated carbocycles. The summed E-state index contributed by atoms with van der Waals surface area (Å²) in [6.45, 7) is 2.81. The van der Waals surface area contributed by atoms with Crippen LogP contribution >= 0.6 is 0 Å². The summed E-state index contributed by atoms with van der Waals surface area (Å²) in [5.74, 6) is -0.125. The average molecular weight is 226 g/mol. The number of carbonyl (C=O) groups excluding carboxylic acids is 2. The number of Topliss-reactive ketones (excluding diaryl/α,β-unsaturated/α-hetero) is 2. The van der Waals surface area contributed by atoms with Crippen molar-refractivity contribution in [3.63, 3.8) is 0 Å². The summed E-state index contributed by atoms with van der Waals surface area (Å²) in [4.78, 5) is 20.1. The zero-order valence-corrected chi connectivity index (χ0v) is 8.35. The average Bonchev–Trinajstić information content (AvgIpc) is 1.27. The van der Waals surface area contributed by atoms with Crippen molar-refractivity contribution in [1.29, 1.82) is 0 Å². The number of rotatable bonds is 2. The van der Waals surface area contributed by atoms with E-state index in [1.165, 1.54) is 13.8 Å². The van der Waals surface area contributed by atoms with Crippen molar-refractivity contribution in [1.82, 2.24) is 0 Å². The van der Waals surface area contributed by atoms with Crippen LogP contribution in [0.5, 0.6) is 0 Å². The molecule has 0 aromatic heterocycles. The first kappa shape index (κ1) is 22.4. The van der Waals surface area contributed by atoms with E-state index in [0.717, 1.165) is 0 Å². The van der Waals surface area contributed by atoms with E-state index < -0.39 is 0 Å². The number of halogens is 2. The van der Waals surface area contributed by atoms with Gasteiger partial charge in [-0.05, 0) is 13.8 Å². The summed E-state index contributed by atoms with van der Waals surface area (Å²) < 4.78 is 0. The Bertz CT molecular complexity index is 93.8. The predicted molar refractivity (Wildman–Crippen MR) is 26.0 cm³/mol. The molecule has 0 bridgehead atoms. The van der Waals surface area contributed by atoms with Crippen LogP contribution in [0.1, 0.15) is 20.3 Å². The fourth-order valence-corrected chi connectivity index (χ4v) is 0.351. The van der Waals surface area contributed by atoms with Crippen LogP contribution in [0.2, 0.25) is 0 Å². The van der Waals surface area contributed by atoms with Gasteiger partial charge in [-0.15, -0.1) is 0 Å². The quantitative estimate of drug-likeness (QED) is 0.348. The van der Waals surface area contributed by atoms with Crippen LogP contribution in [-0.2, 0) is 26.7 Å². The first-order valence-electron chi connectivity index (χ1n) is 2.12. The van der Waals surface area contributed by atoms with E-state index >= 15 is 0 Å². The minimum absolute atomic E-state index is 0. The Morgan fingerprint density at radius 1 is 1.00 bits per heavy atom. The summed E-state index contributed by atoms with van der Waals surface area (Å²) >= 11 is 0. The van der Waals surface area contributed by atoms with Gasteiger partial charge in [0.25, 0.3) is 0 Å². The third kappa shape index (κ3) is 23.7. The fraction of sp³-hybridized carbons (Fsp3) is 0.600. The molecule has 0 aromatic carbocycles. The molecule has 61 valence electrons. The van der Waals surface area contributed by atoms with Gasteiger partial charge in [-0.2, -0.15) is 0 Å². The van der Waals surface area contributed by atoms with Crippen molar-refractivity contribution >= 4 is 11.6 Å². The molecule has 1 radical (unpaired) electrons. The Morgan fingerprint density at radius 2 is 1.20 bits per heavy atom. The van der Waals surface area contributed by atoms with Crippen LogP contribution < -0.4 is 24.8 Å². The van der Waals surface area contributed by atoms with Crippen molar-refractivity contribution in [2.75, 3.05) is 0 Å². The first-order chi connectivity index (χ1) is 3.13. The number of carbonyl (C=O) groups is 2. The van der Waals surface area contributed by atoms with Gasteiger partial charge in [0.05, 0.1) is 6.42 Å². The molecular weight excluding hydrogens is 218 g/mol. The molecule has 0 aliphatic carbocycles. The molecule has 0 N–H and O–H groups in total. The number of hydrogen-bond acceptors (Lipinski definition) is 2. The molecule has 0 fully saturated rings. The number of hydrogen-bond donors (Lipinski definition) is 0. The van der Waals surface area contributed by atoms with Gasteiger partial charge in [0.1, 0.15) is 11.6 Å². The van der Waals surface area contributed by atoms with E-state index in [1.807, 2.05) is 0 Å². The van der Waals surface area contributed by atoms with E-state index in [2.05, 4.69) is 0 Å². The van der Waals surface area contributed by atoms with E-state index in [4.69, 9.17) is 0 Å². The van der Waals surface area contributed by atoms with Crippen LogP contribution in [0, 0.1) is 0 Å². The first-order valence-corrected chi connectivity index (χ1v) is 2.12. The standard InChI is InChI=1S/C5H8O2.2ClH.Mn/c1-4(6)3-5(2)7;;;/h3H2,1-2H3;2*1H;/q;;;+2/p-2. The summed E-state index contributed by atoms with van der Waals surface area (Å²) in [6.07, 6.45) is 0.0833. The molecule has 0 saturated heterocycles. The monoisotopic (exact) mass is 225 g/mol. The van der Waals surface area contributed by atoms with Gasteiger partial charge < -0.3 is 24.8 Å². The van der Waals surface area contributed by atoms with Gasteiger partial charge in [0, 0.05) is 0 Å². The van der Waals surface area contributed by atoms with Gasteiger partial charge in [0.2, 0.25) is 0 Å². The van der Waals surface area contributed by atoms with Crippen molar-refractivity contribution in [2.24, 2.45) is 0 Å². The van der Waals surface area contributed by atoms with Gasteiger partial charge in [0.15, 0.2) is 0 Å². The van der Waals surface area contributed by atoms with Gasteiger partial charge in [-0.1, -0.05) is 0 Å². The maximum atomic E-state index is 10.0. The van der Waals surface area contributed by atoms with Crippen molar-refractivity contribution in [3.05, 3.63) is 0 Å². The van der Waals surface area contributed by atoms with Crippen LogP contribution in [0.25, 0.3) is 0 Å². The van der Waals surface area contributed by atoms with Gasteiger partial charge >= 0.3 is 17.1 Å². The van der Waals surface area contributed by atoms with E-state index in [0.29, 0.717) is 0 Å². The largest absolute Gasteiger partial charge is 2.00 e. The molecule has 5 heteroatoms. The fourth-order valence-electron chi connectivity index (χ4n) is 0.351. The Labute approximate surface area is 83.4 Å². The SMILES string of the molecule is CC(=O)CC(C)=O.[Cl-].[Cl-].[Mn+2]. The maximum absolute atomic E-state index is 10.0. The molecule has 0 aliphatic rings. The van der Waals surface area contributed by atoms with Gasteiger partial charge in [-0.3, -0.25) is 9.59 Å². The third-order valence-electron chi connectivity index (χ3n) is 0.498. The smallest absolute Gasteiger partial charge is 1.00 e. The van der Waals surface area contributed by atoms with Crippen molar-refractivity contribution < 1.29 is 51.5 Å². The van der Waals surface area contributed by atoms with Crippen LogP contribution in [0.15, 0.2) is 0 Å². The third-order valence-corrected chi connectivity index (χ3v) is 0.498. The molecule has 2 nitrogen and oxygen atoms in total. The minimum Gasteiger partial charge on any atom is -1.00 e. The second kappa shape index (κ2) is 12.1. The second-order valence-corrected chi connectivity index (χ2v) is 1.58. The van der Waals surface area contributed by atoms with Crippen molar-refractivity contribution in [3.8, 4) is 0 Å². The van der Waals surface area contributed by atoms with Crippen LogP contribution in [0.4, 0.5) is 0 Å². The van der Waals surface area contributed by atoms with Gasteiger partial charge in [-0.25, -0.2) is 0 Å².